The highest BCUT2D eigenvalue weighted by Gasteiger charge is 2.30. The van der Waals surface area contributed by atoms with E-state index < -0.39 is 11.7 Å². The number of rotatable bonds is 10. The summed E-state index contributed by atoms with van der Waals surface area (Å²) in [4.78, 5) is 17.2. The summed E-state index contributed by atoms with van der Waals surface area (Å²) in [6.45, 7) is 0.490. The van der Waals surface area contributed by atoms with Gasteiger partial charge in [0.2, 0.25) is 0 Å². The summed E-state index contributed by atoms with van der Waals surface area (Å²) in [5, 5.41) is 7.17. The van der Waals surface area contributed by atoms with E-state index in [0.717, 1.165) is 12.1 Å². The molecule has 1 amide bonds. The van der Waals surface area contributed by atoms with Crippen molar-refractivity contribution in [1.82, 2.24) is 14.8 Å². The first kappa shape index (κ1) is 27.5. The Morgan fingerprint density at radius 2 is 1.64 bits per heavy atom. The van der Waals surface area contributed by atoms with Crippen molar-refractivity contribution in [2.24, 2.45) is 0 Å². The number of alkyl halides is 3. The molecule has 0 bridgehead atoms. The molecule has 1 heterocycles. The molecule has 204 valence electrons. The van der Waals surface area contributed by atoms with Gasteiger partial charge in [0.1, 0.15) is 18.1 Å². The van der Waals surface area contributed by atoms with E-state index in [2.05, 4.69) is 15.4 Å². The second kappa shape index (κ2) is 11.9. The summed E-state index contributed by atoms with van der Waals surface area (Å²) >= 11 is 0. The molecule has 1 N–H and O–H groups in total. The molecule has 0 unspecified atom stereocenters. The Bertz CT molecular complexity index is 1420. The van der Waals surface area contributed by atoms with Crippen molar-refractivity contribution >= 4 is 11.6 Å². The average molecular weight is 543 g/mol. The van der Waals surface area contributed by atoms with Gasteiger partial charge < -0.3 is 24.3 Å². The number of aromatic nitrogens is 3. The van der Waals surface area contributed by atoms with Crippen molar-refractivity contribution in [3.63, 3.8) is 0 Å². The van der Waals surface area contributed by atoms with Crippen LogP contribution in [0.5, 0.6) is 17.5 Å². The average Bonchev–Trinajstić information content (AvgIpc) is 3.37. The standard InChI is InChI=1S/C27H25F3N4O5/c1-36-14-15-39-26-32-24(17-4-6-18(7-5-17)27(28,29)30)34(33-26)20-10-8-19(9-11-20)31-25(35)22-13-12-21(37-2)16-23(22)38-3/h4-13,16H,14-15H2,1-3H3,(H,31,35). The van der Waals surface area contributed by atoms with E-state index in [0.29, 0.717) is 40.6 Å². The lowest BCUT2D eigenvalue weighted by Gasteiger charge is -2.12. The van der Waals surface area contributed by atoms with Crippen LogP contribution in [0.15, 0.2) is 66.7 Å². The van der Waals surface area contributed by atoms with Gasteiger partial charge in [-0.05, 0) is 48.5 Å². The highest BCUT2D eigenvalue weighted by molar-refractivity contribution is 6.06. The van der Waals surface area contributed by atoms with Gasteiger partial charge in [-0.15, -0.1) is 5.10 Å². The molecular weight excluding hydrogens is 517 g/mol. The molecule has 0 saturated carbocycles. The van der Waals surface area contributed by atoms with E-state index >= 15 is 0 Å². The molecule has 0 saturated heterocycles. The maximum atomic E-state index is 13.0. The van der Waals surface area contributed by atoms with Crippen LogP contribution in [0.1, 0.15) is 15.9 Å². The Labute approximate surface area is 222 Å². The maximum Gasteiger partial charge on any atom is 0.416 e. The smallest absolute Gasteiger partial charge is 0.416 e. The molecular formula is C27H25F3N4O5. The molecule has 39 heavy (non-hydrogen) atoms. The van der Waals surface area contributed by atoms with Crippen molar-refractivity contribution in [2.45, 2.75) is 6.18 Å². The summed E-state index contributed by atoms with van der Waals surface area (Å²) in [7, 11) is 4.50. The Morgan fingerprint density at radius 3 is 2.26 bits per heavy atom. The van der Waals surface area contributed by atoms with Crippen LogP contribution < -0.4 is 19.5 Å². The first-order valence-corrected chi connectivity index (χ1v) is 11.6. The van der Waals surface area contributed by atoms with Crippen LogP contribution in [-0.4, -0.2) is 55.2 Å². The number of halogens is 3. The van der Waals surface area contributed by atoms with Crippen molar-refractivity contribution in [1.29, 1.82) is 0 Å². The molecule has 0 aliphatic heterocycles. The van der Waals surface area contributed by atoms with Crippen molar-refractivity contribution < 1.29 is 36.9 Å². The largest absolute Gasteiger partial charge is 0.497 e. The van der Waals surface area contributed by atoms with Crippen LogP contribution in [0.2, 0.25) is 0 Å². The van der Waals surface area contributed by atoms with Crippen molar-refractivity contribution in [2.75, 3.05) is 39.9 Å². The molecule has 1 aromatic heterocycles. The summed E-state index contributed by atoms with van der Waals surface area (Å²) in [5.74, 6) is 0.793. The minimum atomic E-state index is -4.46. The number of hydrogen-bond acceptors (Lipinski definition) is 7. The molecule has 3 aromatic carbocycles. The number of carbonyl (C=O) groups is 1. The third-order valence-corrected chi connectivity index (χ3v) is 5.60. The van der Waals surface area contributed by atoms with Crippen molar-refractivity contribution in [3.05, 3.63) is 77.9 Å². The van der Waals surface area contributed by atoms with Gasteiger partial charge in [-0.2, -0.15) is 18.2 Å². The van der Waals surface area contributed by atoms with Gasteiger partial charge in [-0.3, -0.25) is 4.79 Å². The molecule has 4 rings (SSSR count). The van der Waals surface area contributed by atoms with Crippen LogP contribution in [0, 0.1) is 0 Å². The topological polar surface area (TPSA) is 96.7 Å². The highest BCUT2D eigenvalue weighted by atomic mass is 19.4. The maximum absolute atomic E-state index is 13.0. The van der Waals surface area contributed by atoms with Gasteiger partial charge in [-0.25, -0.2) is 4.68 Å². The lowest BCUT2D eigenvalue weighted by Crippen LogP contribution is -2.13. The summed E-state index contributed by atoms with van der Waals surface area (Å²) < 4.78 is 61.6. The molecule has 0 aliphatic carbocycles. The van der Waals surface area contributed by atoms with Crippen LogP contribution in [0.25, 0.3) is 17.1 Å². The highest BCUT2D eigenvalue weighted by Crippen LogP contribution is 2.32. The van der Waals surface area contributed by atoms with Crippen molar-refractivity contribution in [3.8, 4) is 34.6 Å². The van der Waals surface area contributed by atoms with Gasteiger partial charge in [-0.1, -0.05) is 12.1 Å². The molecule has 0 fully saturated rings. The van der Waals surface area contributed by atoms with Crippen LogP contribution in [0.4, 0.5) is 18.9 Å². The number of amides is 1. The number of ether oxygens (including phenoxy) is 4. The zero-order valence-corrected chi connectivity index (χ0v) is 21.3. The number of methoxy groups -OCH3 is 3. The number of nitrogens with zero attached hydrogens (tertiary/aromatic N) is 3. The molecule has 4 aromatic rings. The van der Waals surface area contributed by atoms with E-state index in [1.807, 2.05) is 0 Å². The number of nitrogens with one attached hydrogen (secondary N) is 1. The molecule has 0 radical (unpaired) electrons. The summed E-state index contributed by atoms with van der Waals surface area (Å²) in [6.07, 6.45) is -4.46. The van der Waals surface area contributed by atoms with Crippen LogP contribution >= 0.6 is 0 Å². The number of carbonyl (C=O) groups excluding carboxylic acids is 1. The minimum absolute atomic E-state index is 0.0333. The van der Waals surface area contributed by atoms with Gasteiger partial charge in [0.05, 0.1) is 37.6 Å². The van der Waals surface area contributed by atoms with Gasteiger partial charge >= 0.3 is 12.2 Å². The van der Waals surface area contributed by atoms with E-state index in [1.54, 1.807) is 42.5 Å². The van der Waals surface area contributed by atoms with Gasteiger partial charge in [0.25, 0.3) is 5.91 Å². The number of anilines is 1. The molecule has 12 heteroatoms. The van der Waals surface area contributed by atoms with Gasteiger partial charge in [0.15, 0.2) is 5.82 Å². The van der Waals surface area contributed by atoms with Gasteiger partial charge in [0, 0.05) is 24.4 Å². The number of hydrogen-bond donors (Lipinski definition) is 1. The third-order valence-electron chi connectivity index (χ3n) is 5.60. The first-order valence-electron chi connectivity index (χ1n) is 11.6. The minimum Gasteiger partial charge on any atom is -0.497 e. The fourth-order valence-corrected chi connectivity index (χ4v) is 3.62. The lowest BCUT2D eigenvalue weighted by atomic mass is 10.1. The monoisotopic (exact) mass is 542 g/mol. The first-order chi connectivity index (χ1) is 18.7. The lowest BCUT2D eigenvalue weighted by molar-refractivity contribution is -0.137. The second-order valence-corrected chi connectivity index (χ2v) is 8.11. The molecule has 0 aliphatic rings. The predicted molar refractivity (Wildman–Crippen MR) is 137 cm³/mol. The van der Waals surface area contributed by atoms with E-state index in [4.69, 9.17) is 18.9 Å². The third kappa shape index (κ3) is 6.47. The van der Waals surface area contributed by atoms with E-state index in [9.17, 15) is 18.0 Å². The zero-order chi connectivity index (χ0) is 28.0. The fourth-order valence-electron chi connectivity index (χ4n) is 3.62. The normalized spacial score (nSPS) is 11.2. The second-order valence-electron chi connectivity index (χ2n) is 8.11. The van der Waals surface area contributed by atoms with E-state index in [1.165, 1.54) is 38.1 Å². The molecule has 0 atom stereocenters. The SMILES string of the molecule is COCCOc1nc(-c2ccc(C(F)(F)F)cc2)n(-c2ccc(NC(=O)c3ccc(OC)cc3OC)cc2)n1. The van der Waals surface area contributed by atoms with Crippen LogP contribution in [0.3, 0.4) is 0 Å². The molecule has 9 nitrogen and oxygen atoms in total. The molecule has 0 spiro atoms. The Hall–Kier alpha value is -4.58. The number of benzene rings is 3. The fraction of sp³-hybridized carbons (Fsp3) is 0.222. The summed E-state index contributed by atoms with van der Waals surface area (Å²) in [5.41, 5.74) is 0.984. The summed E-state index contributed by atoms with van der Waals surface area (Å²) in [6, 6.07) is 16.2. The van der Waals surface area contributed by atoms with Crippen LogP contribution in [-0.2, 0) is 10.9 Å². The van der Waals surface area contributed by atoms with E-state index in [-0.39, 0.29) is 24.3 Å². The Kier molecular flexibility index (Phi) is 8.35. The predicted octanol–water partition coefficient (Wildman–Crippen LogP) is 5.25. The Morgan fingerprint density at radius 1 is 0.923 bits per heavy atom. The quantitative estimate of drug-likeness (QED) is 0.274. The zero-order valence-electron chi connectivity index (χ0n) is 21.3. The Balaban J connectivity index is 1.60.